The largest absolute Gasteiger partial charge is 0.481 e. The van der Waals surface area contributed by atoms with Gasteiger partial charge in [-0.1, -0.05) is 30.3 Å². The number of hydrogen-bond donors (Lipinski definition) is 1. The van der Waals surface area contributed by atoms with E-state index in [0.717, 1.165) is 18.5 Å². The highest BCUT2D eigenvalue weighted by molar-refractivity contribution is 5.70. The summed E-state index contributed by atoms with van der Waals surface area (Å²) in [7, 11) is 0. The van der Waals surface area contributed by atoms with E-state index in [1.54, 1.807) is 4.90 Å². The van der Waals surface area contributed by atoms with Crippen LogP contribution in [0.3, 0.4) is 0 Å². The minimum atomic E-state index is -0.715. The van der Waals surface area contributed by atoms with E-state index in [0.29, 0.717) is 26.1 Å². The van der Waals surface area contributed by atoms with Crippen molar-refractivity contribution >= 4 is 12.1 Å². The van der Waals surface area contributed by atoms with E-state index in [1.807, 2.05) is 30.3 Å². The van der Waals surface area contributed by atoms with Gasteiger partial charge in [0.25, 0.3) is 0 Å². The molecule has 2 heterocycles. The molecule has 0 unspecified atom stereocenters. The van der Waals surface area contributed by atoms with Crippen LogP contribution >= 0.6 is 0 Å². The molecule has 2 atom stereocenters. The molecule has 1 N–H and O–H groups in total. The van der Waals surface area contributed by atoms with Crippen molar-refractivity contribution in [3.05, 3.63) is 35.9 Å². The van der Waals surface area contributed by atoms with Gasteiger partial charge in [-0.15, -0.1) is 0 Å². The van der Waals surface area contributed by atoms with Gasteiger partial charge in [0.1, 0.15) is 6.61 Å². The van der Waals surface area contributed by atoms with Gasteiger partial charge in [0.05, 0.1) is 5.92 Å². The highest BCUT2D eigenvalue weighted by Gasteiger charge is 2.36. The van der Waals surface area contributed by atoms with Gasteiger partial charge in [-0.3, -0.25) is 9.69 Å². The number of carboxylic acid groups (broad SMARTS) is 1. The van der Waals surface area contributed by atoms with Crippen molar-refractivity contribution in [1.29, 1.82) is 0 Å². The minimum Gasteiger partial charge on any atom is -0.481 e. The molecule has 2 saturated heterocycles. The SMILES string of the molecule is O=C(O)[C@H]1CC[C@H]2CN(C(=O)OCc3ccccc3)CCN2C1. The van der Waals surface area contributed by atoms with Crippen LogP contribution in [0.5, 0.6) is 0 Å². The molecule has 6 nitrogen and oxygen atoms in total. The van der Waals surface area contributed by atoms with Gasteiger partial charge in [0.2, 0.25) is 0 Å². The first kappa shape index (κ1) is 15.8. The lowest BCUT2D eigenvalue weighted by molar-refractivity contribution is -0.144. The number of nitrogens with zero attached hydrogens (tertiary/aromatic N) is 2. The summed E-state index contributed by atoms with van der Waals surface area (Å²) in [6.07, 6.45) is 1.22. The third-order valence-corrected chi connectivity index (χ3v) is 4.72. The Morgan fingerprint density at radius 2 is 1.91 bits per heavy atom. The van der Waals surface area contributed by atoms with Crippen LogP contribution in [-0.4, -0.2) is 59.2 Å². The molecule has 0 aromatic heterocycles. The predicted octanol–water partition coefficient (Wildman–Crippen LogP) is 1.80. The number of fused-ring (bicyclic) bond motifs is 1. The number of aliphatic carboxylic acids is 1. The maximum atomic E-state index is 12.2. The number of piperazine rings is 1. The van der Waals surface area contributed by atoms with Crippen LogP contribution in [0.15, 0.2) is 30.3 Å². The van der Waals surface area contributed by atoms with Gasteiger partial charge in [-0.05, 0) is 18.4 Å². The molecule has 2 fully saturated rings. The number of hydrogen-bond acceptors (Lipinski definition) is 4. The van der Waals surface area contributed by atoms with Crippen molar-refractivity contribution in [2.45, 2.75) is 25.5 Å². The van der Waals surface area contributed by atoms with Gasteiger partial charge in [0.15, 0.2) is 0 Å². The number of carbonyl (C=O) groups excluding carboxylic acids is 1. The number of carbonyl (C=O) groups is 2. The fourth-order valence-electron chi connectivity index (χ4n) is 3.35. The summed E-state index contributed by atoms with van der Waals surface area (Å²) in [5.41, 5.74) is 0.974. The predicted molar refractivity (Wildman–Crippen MR) is 83.9 cm³/mol. The smallest absolute Gasteiger partial charge is 0.410 e. The van der Waals surface area contributed by atoms with E-state index in [4.69, 9.17) is 9.84 Å². The lowest BCUT2D eigenvalue weighted by atomic mass is 9.91. The van der Waals surface area contributed by atoms with Crippen LogP contribution in [-0.2, 0) is 16.1 Å². The molecule has 2 aliphatic rings. The molecular weight excluding hydrogens is 296 g/mol. The van der Waals surface area contributed by atoms with Crippen LogP contribution in [0, 0.1) is 5.92 Å². The number of piperidine rings is 1. The Balaban J connectivity index is 1.49. The lowest BCUT2D eigenvalue weighted by Gasteiger charge is -2.45. The highest BCUT2D eigenvalue weighted by atomic mass is 16.6. The monoisotopic (exact) mass is 318 g/mol. The Bertz CT molecular complexity index is 563. The van der Waals surface area contributed by atoms with Gasteiger partial charge < -0.3 is 14.7 Å². The molecule has 2 aliphatic heterocycles. The Morgan fingerprint density at radius 3 is 2.65 bits per heavy atom. The first-order valence-electron chi connectivity index (χ1n) is 8.06. The molecule has 0 saturated carbocycles. The van der Waals surface area contributed by atoms with Crippen LogP contribution in [0.2, 0.25) is 0 Å². The maximum absolute atomic E-state index is 12.2. The summed E-state index contributed by atoms with van der Waals surface area (Å²) in [5, 5.41) is 9.14. The van der Waals surface area contributed by atoms with Gasteiger partial charge in [0, 0.05) is 32.2 Å². The zero-order chi connectivity index (χ0) is 16.2. The number of rotatable bonds is 3. The van der Waals surface area contributed by atoms with E-state index in [2.05, 4.69) is 4.90 Å². The molecule has 1 aromatic rings. The van der Waals surface area contributed by atoms with Crippen molar-refractivity contribution in [2.24, 2.45) is 5.92 Å². The minimum absolute atomic E-state index is 0.253. The molecule has 3 rings (SSSR count). The summed E-state index contributed by atoms with van der Waals surface area (Å²) in [4.78, 5) is 27.3. The molecule has 0 aliphatic carbocycles. The number of carboxylic acids is 1. The van der Waals surface area contributed by atoms with E-state index in [1.165, 1.54) is 0 Å². The average molecular weight is 318 g/mol. The van der Waals surface area contributed by atoms with Crippen molar-refractivity contribution < 1.29 is 19.4 Å². The van der Waals surface area contributed by atoms with Crippen molar-refractivity contribution in [3.63, 3.8) is 0 Å². The second-order valence-corrected chi connectivity index (χ2v) is 6.25. The number of amides is 1. The standard InChI is InChI=1S/C17H22N2O4/c20-16(21)14-6-7-15-11-19(9-8-18(15)10-14)17(22)23-12-13-4-2-1-3-5-13/h1-5,14-15H,6-12H2,(H,20,21)/t14-,15-/m0/s1. The highest BCUT2D eigenvalue weighted by Crippen LogP contribution is 2.25. The third kappa shape index (κ3) is 3.82. The molecule has 0 bridgehead atoms. The van der Waals surface area contributed by atoms with E-state index < -0.39 is 5.97 Å². The van der Waals surface area contributed by atoms with Crippen molar-refractivity contribution in [1.82, 2.24) is 9.80 Å². The molecule has 6 heteroatoms. The molecule has 1 aromatic carbocycles. The first-order chi connectivity index (χ1) is 11.1. The van der Waals surface area contributed by atoms with E-state index >= 15 is 0 Å². The van der Waals surface area contributed by atoms with E-state index in [-0.39, 0.29) is 24.7 Å². The molecule has 0 radical (unpaired) electrons. The Morgan fingerprint density at radius 1 is 1.13 bits per heavy atom. The average Bonchev–Trinajstić information content (AvgIpc) is 2.59. The maximum Gasteiger partial charge on any atom is 0.410 e. The summed E-state index contributed by atoms with van der Waals surface area (Å²) in [5.74, 6) is -0.990. The van der Waals surface area contributed by atoms with Crippen LogP contribution in [0.4, 0.5) is 4.79 Å². The molecule has 23 heavy (non-hydrogen) atoms. The quantitative estimate of drug-likeness (QED) is 0.920. The topological polar surface area (TPSA) is 70.1 Å². The van der Waals surface area contributed by atoms with Gasteiger partial charge in [-0.25, -0.2) is 4.79 Å². The number of benzene rings is 1. The Labute approximate surface area is 135 Å². The normalized spacial score (nSPS) is 24.8. The third-order valence-electron chi connectivity index (χ3n) is 4.72. The van der Waals surface area contributed by atoms with Crippen LogP contribution < -0.4 is 0 Å². The molecule has 0 spiro atoms. The zero-order valence-electron chi connectivity index (χ0n) is 13.1. The van der Waals surface area contributed by atoms with Gasteiger partial charge in [-0.2, -0.15) is 0 Å². The van der Waals surface area contributed by atoms with E-state index in [9.17, 15) is 9.59 Å². The summed E-state index contributed by atoms with van der Waals surface area (Å²) in [6, 6.07) is 9.88. The first-order valence-corrected chi connectivity index (χ1v) is 8.06. The van der Waals surface area contributed by atoms with Gasteiger partial charge >= 0.3 is 12.1 Å². The lowest BCUT2D eigenvalue weighted by Crippen LogP contribution is -2.58. The molecular formula is C17H22N2O4. The Hall–Kier alpha value is -2.08. The summed E-state index contributed by atoms with van der Waals surface area (Å²) < 4.78 is 5.38. The fourth-order valence-corrected chi connectivity index (χ4v) is 3.35. The van der Waals surface area contributed by atoms with Crippen LogP contribution in [0.25, 0.3) is 0 Å². The Kier molecular flexibility index (Phi) is 4.81. The summed E-state index contributed by atoms with van der Waals surface area (Å²) >= 11 is 0. The van der Waals surface area contributed by atoms with Crippen molar-refractivity contribution in [2.75, 3.05) is 26.2 Å². The molecule has 1 amide bonds. The fraction of sp³-hybridized carbons (Fsp3) is 0.529. The second-order valence-electron chi connectivity index (χ2n) is 6.25. The van der Waals surface area contributed by atoms with Crippen molar-refractivity contribution in [3.8, 4) is 0 Å². The zero-order valence-corrected chi connectivity index (χ0v) is 13.1. The second kappa shape index (κ2) is 7.00. The van der Waals surface area contributed by atoms with Crippen LogP contribution in [0.1, 0.15) is 18.4 Å². The number of ether oxygens (including phenoxy) is 1. The summed E-state index contributed by atoms with van der Waals surface area (Å²) in [6.45, 7) is 2.81. The molecule has 124 valence electrons.